The number of hydrogen-bond acceptors (Lipinski definition) is 8. The molecule has 1 aliphatic heterocycles. The first-order valence-corrected chi connectivity index (χ1v) is 15.2. The highest BCUT2D eigenvalue weighted by molar-refractivity contribution is 8.18. The van der Waals surface area contributed by atoms with Gasteiger partial charge in [-0.2, -0.15) is 0 Å². The highest BCUT2D eigenvalue weighted by Gasteiger charge is 2.49. The average molecular weight is 583 g/mol. The largest absolute Gasteiger partial charge is 0.497 e. The van der Waals surface area contributed by atoms with E-state index in [4.69, 9.17) is 18.9 Å². The summed E-state index contributed by atoms with van der Waals surface area (Å²) >= 11 is 3.09. The van der Waals surface area contributed by atoms with Gasteiger partial charge < -0.3 is 28.7 Å². The summed E-state index contributed by atoms with van der Waals surface area (Å²) in [5, 5.41) is 0. The normalized spacial score (nSPS) is 16.6. The Morgan fingerprint density at radius 3 is 2.40 bits per heavy atom. The van der Waals surface area contributed by atoms with E-state index in [0.717, 1.165) is 53.6 Å². The first-order valence-electron chi connectivity index (χ1n) is 13.2. The molecular weight excluding hydrogens is 544 g/mol. The fourth-order valence-corrected chi connectivity index (χ4v) is 7.32. The quantitative estimate of drug-likeness (QED) is 0.230. The van der Waals surface area contributed by atoms with Gasteiger partial charge in [-0.3, -0.25) is 4.79 Å². The third kappa shape index (κ3) is 6.32. The lowest BCUT2D eigenvalue weighted by Gasteiger charge is -2.40. The van der Waals surface area contributed by atoms with Gasteiger partial charge in [0, 0.05) is 30.6 Å². The van der Waals surface area contributed by atoms with Crippen LogP contribution in [0.5, 0.6) is 23.0 Å². The first-order chi connectivity index (χ1) is 19.4. The van der Waals surface area contributed by atoms with Gasteiger partial charge in [-0.05, 0) is 74.2 Å². The van der Waals surface area contributed by atoms with Gasteiger partial charge in [0.15, 0.2) is 15.6 Å². The molecule has 1 unspecified atom stereocenters. The predicted molar refractivity (Wildman–Crippen MR) is 165 cm³/mol. The maximum absolute atomic E-state index is 13.8. The Labute approximate surface area is 246 Å². The summed E-state index contributed by atoms with van der Waals surface area (Å²) in [5.74, 6) is 2.90. The molecule has 1 amide bonds. The van der Waals surface area contributed by atoms with Crippen molar-refractivity contribution in [2.75, 3.05) is 66.3 Å². The van der Waals surface area contributed by atoms with E-state index in [-0.39, 0.29) is 5.91 Å². The highest BCUT2D eigenvalue weighted by Crippen LogP contribution is 2.58. The van der Waals surface area contributed by atoms with Gasteiger partial charge in [-0.15, -0.1) is 11.8 Å². The van der Waals surface area contributed by atoms with Gasteiger partial charge in [0.25, 0.3) is 5.91 Å². The number of likely N-dealkylation sites (N-methyl/N-ethyl adjacent to an activating group) is 2. The molecule has 1 heterocycles. The van der Waals surface area contributed by atoms with Crippen LogP contribution in [0.1, 0.15) is 17.5 Å². The zero-order valence-electron chi connectivity index (χ0n) is 24.1. The standard InChI is InChI=1S/C31H38N2O5S2/c1-32(18-16-22-12-14-27(36-4)28(20-22)37-5)17-9-19-38-26-15-13-23(35-3)21-24(26)31(39-6)30(34)33(2)25-10-7-8-11-29(25)40-31/h7-8,10-15,20-21H,9,16-19H2,1-6H3. The molecule has 0 saturated carbocycles. The van der Waals surface area contributed by atoms with Gasteiger partial charge in [-0.1, -0.05) is 30.0 Å². The zero-order chi connectivity index (χ0) is 28.7. The average Bonchev–Trinajstić information content (AvgIpc) is 3.00. The monoisotopic (exact) mass is 582 g/mol. The molecule has 3 aromatic carbocycles. The topological polar surface area (TPSA) is 60.5 Å². The molecule has 214 valence electrons. The molecule has 40 heavy (non-hydrogen) atoms. The summed E-state index contributed by atoms with van der Waals surface area (Å²) in [7, 11) is 8.90. The minimum atomic E-state index is -0.886. The number of anilines is 1. The lowest BCUT2D eigenvalue weighted by Crippen LogP contribution is -2.44. The van der Waals surface area contributed by atoms with E-state index in [1.165, 1.54) is 17.3 Å². The van der Waals surface area contributed by atoms with Crippen LogP contribution in [0.25, 0.3) is 0 Å². The number of benzene rings is 3. The summed E-state index contributed by atoms with van der Waals surface area (Å²) in [5.41, 5.74) is 2.94. The maximum Gasteiger partial charge on any atom is 0.258 e. The second-order valence-corrected chi connectivity index (χ2v) is 12.1. The lowest BCUT2D eigenvalue weighted by molar-refractivity contribution is -0.118. The molecule has 0 aliphatic carbocycles. The van der Waals surface area contributed by atoms with E-state index in [1.807, 2.05) is 61.8 Å². The molecule has 0 fully saturated rings. The highest BCUT2D eigenvalue weighted by atomic mass is 32.2. The third-order valence-electron chi connectivity index (χ3n) is 7.07. The fourth-order valence-electron chi connectivity index (χ4n) is 4.76. The van der Waals surface area contributed by atoms with Crippen molar-refractivity contribution in [2.24, 2.45) is 0 Å². The number of para-hydroxylation sites is 1. The summed E-state index contributed by atoms with van der Waals surface area (Å²) < 4.78 is 21.8. The number of carbonyl (C=O) groups excluding carboxylic acids is 1. The molecule has 1 aliphatic rings. The first kappa shape index (κ1) is 30.0. The van der Waals surface area contributed by atoms with E-state index in [1.54, 1.807) is 38.0 Å². The van der Waals surface area contributed by atoms with Crippen molar-refractivity contribution in [3.63, 3.8) is 0 Å². The summed E-state index contributed by atoms with van der Waals surface area (Å²) in [6.45, 7) is 2.34. The molecule has 0 spiro atoms. The second kappa shape index (κ2) is 13.6. The van der Waals surface area contributed by atoms with Crippen LogP contribution in [0.2, 0.25) is 0 Å². The number of nitrogens with zero attached hydrogens (tertiary/aromatic N) is 2. The molecule has 1 atom stereocenters. The van der Waals surface area contributed by atoms with Gasteiger partial charge in [-0.25, -0.2) is 0 Å². The van der Waals surface area contributed by atoms with E-state index in [9.17, 15) is 4.79 Å². The van der Waals surface area contributed by atoms with Crippen molar-refractivity contribution in [3.05, 3.63) is 71.8 Å². The molecule has 3 aromatic rings. The minimum absolute atomic E-state index is 0.0108. The number of fused-ring (bicyclic) bond motifs is 1. The van der Waals surface area contributed by atoms with Gasteiger partial charge >= 0.3 is 0 Å². The van der Waals surface area contributed by atoms with E-state index >= 15 is 0 Å². The smallest absolute Gasteiger partial charge is 0.258 e. The molecule has 0 saturated heterocycles. The van der Waals surface area contributed by atoms with Crippen LogP contribution >= 0.6 is 23.5 Å². The van der Waals surface area contributed by atoms with E-state index in [2.05, 4.69) is 24.1 Å². The Balaban J connectivity index is 1.42. The van der Waals surface area contributed by atoms with Crippen LogP contribution in [-0.4, -0.2) is 72.2 Å². The number of carbonyl (C=O) groups is 1. The molecule has 0 aromatic heterocycles. The predicted octanol–water partition coefficient (Wildman–Crippen LogP) is 5.94. The molecule has 9 heteroatoms. The maximum atomic E-state index is 13.8. The Morgan fingerprint density at radius 1 is 0.925 bits per heavy atom. The van der Waals surface area contributed by atoms with Crippen LogP contribution in [0.15, 0.2) is 65.6 Å². The van der Waals surface area contributed by atoms with Crippen molar-refractivity contribution < 1.29 is 23.7 Å². The number of hydrogen-bond donors (Lipinski definition) is 0. The Morgan fingerprint density at radius 2 is 1.68 bits per heavy atom. The molecule has 0 N–H and O–H groups in total. The van der Waals surface area contributed by atoms with Gasteiger partial charge in [0.1, 0.15) is 11.5 Å². The Kier molecular flexibility index (Phi) is 10.2. The van der Waals surface area contributed by atoms with Crippen molar-refractivity contribution in [1.82, 2.24) is 4.90 Å². The molecule has 4 rings (SSSR count). The minimum Gasteiger partial charge on any atom is -0.497 e. The number of rotatable bonds is 13. The van der Waals surface area contributed by atoms with Crippen molar-refractivity contribution in [3.8, 4) is 23.0 Å². The number of methoxy groups -OCH3 is 3. The summed E-state index contributed by atoms with van der Waals surface area (Å²) in [6.07, 6.45) is 3.73. The van der Waals surface area contributed by atoms with Crippen LogP contribution < -0.4 is 23.8 Å². The van der Waals surface area contributed by atoms with Crippen molar-refractivity contribution in [1.29, 1.82) is 0 Å². The van der Waals surface area contributed by atoms with Crippen molar-refractivity contribution >= 4 is 35.1 Å². The van der Waals surface area contributed by atoms with Gasteiger partial charge in [0.2, 0.25) is 0 Å². The van der Waals surface area contributed by atoms with Crippen LogP contribution in [0.4, 0.5) is 5.69 Å². The number of thioether (sulfide) groups is 2. The van der Waals surface area contributed by atoms with Gasteiger partial charge in [0.05, 0.1) is 33.6 Å². The fraction of sp³-hybridized carbons (Fsp3) is 0.387. The summed E-state index contributed by atoms with van der Waals surface area (Å²) in [4.78, 5) is 18.9. The molecular formula is C31H38N2O5S2. The van der Waals surface area contributed by atoms with E-state index in [0.29, 0.717) is 18.1 Å². The zero-order valence-corrected chi connectivity index (χ0v) is 25.7. The number of ether oxygens (including phenoxy) is 4. The lowest BCUT2D eigenvalue weighted by atomic mass is 10.1. The number of amides is 1. The molecule has 7 nitrogen and oxygen atoms in total. The SMILES string of the molecule is COc1ccc(OCCCN(C)CCc2ccc(OC)c(OC)c2)c(C2(SC)Sc3ccccc3N(C)C2=O)c1. The Hall–Kier alpha value is -3.01. The molecule has 0 radical (unpaired) electrons. The third-order valence-corrected chi connectivity index (χ3v) is 10.0. The van der Waals surface area contributed by atoms with Crippen LogP contribution in [0, 0.1) is 0 Å². The van der Waals surface area contributed by atoms with Crippen molar-refractivity contribution in [2.45, 2.75) is 21.8 Å². The van der Waals surface area contributed by atoms with Crippen LogP contribution in [-0.2, 0) is 15.3 Å². The van der Waals surface area contributed by atoms with Crippen LogP contribution in [0.3, 0.4) is 0 Å². The Bertz CT molecular complexity index is 1320. The van der Waals surface area contributed by atoms with E-state index < -0.39 is 4.08 Å². The molecule has 0 bridgehead atoms. The second-order valence-electron chi connectivity index (χ2n) is 9.56. The summed E-state index contributed by atoms with van der Waals surface area (Å²) in [6, 6.07) is 19.8.